The maximum absolute atomic E-state index is 12.0. The summed E-state index contributed by atoms with van der Waals surface area (Å²) in [5, 5.41) is 10.6. The fourth-order valence-corrected chi connectivity index (χ4v) is 3.11. The fourth-order valence-electron chi connectivity index (χ4n) is 2.46. The monoisotopic (exact) mass is 316 g/mol. The second-order valence-electron chi connectivity index (χ2n) is 5.63. The maximum atomic E-state index is 12.0. The zero-order chi connectivity index (χ0) is 15.4. The van der Waals surface area contributed by atoms with Crippen LogP contribution in [-0.4, -0.2) is 33.4 Å². The van der Waals surface area contributed by atoms with Crippen molar-refractivity contribution < 1.29 is 4.79 Å². The van der Waals surface area contributed by atoms with E-state index in [1.165, 1.54) is 17.3 Å². The van der Waals surface area contributed by atoms with Gasteiger partial charge in [-0.25, -0.2) is 4.98 Å². The highest BCUT2D eigenvalue weighted by molar-refractivity contribution is 7.99. The van der Waals surface area contributed by atoms with Gasteiger partial charge in [-0.1, -0.05) is 49.0 Å². The summed E-state index contributed by atoms with van der Waals surface area (Å²) in [6.07, 6.45) is 3.11. The van der Waals surface area contributed by atoms with E-state index in [4.69, 9.17) is 0 Å². The van der Waals surface area contributed by atoms with Gasteiger partial charge in [-0.15, -0.1) is 5.10 Å². The Morgan fingerprint density at radius 1 is 1.36 bits per heavy atom. The Kier molecular flexibility index (Phi) is 4.47. The zero-order valence-corrected chi connectivity index (χ0v) is 13.4. The van der Waals surface area contributed by atoms with E-state index in [0.717, 1.165) is 25.1 Å². The summed E-state index contributed by atoms with van der Waals surface area (Å²) in [4.78, 5) is 16.3. The lowest BCUT2D eigenvalue weighted by Crippen LogP contribution is -2.33. The summed E-state index contributed by atoms with van der Waals surface area (Å²) in [7, 11) is 0. The highest BCUT2D eigenvalue weighted by atomic mass is 32.2. The molecule has 1 aliphatic rings. The molecule has 1 saturated carbocycles. The van der Waals surface area contributed by atoms with Crippen molar-refractivity contribution in [1.29, 1.82) is 0 Å². The molecule has 1 aliphatic carbocycles. The minimum atomic E-state index is 0.0371. The number of rotatable bonds is 7. The molecule has 1 fully saturated rings. The number of carbonyl (C=O) groups is 1. The summed E-state index contributed by atoms with van der Waals surface area (Å²) >= 11 is 1.37. The van der Waals surface area contributed by atoms with Crippen LogP contribution in [0, 0.1) is 0 Å². The average Bonchev–Trinajstić information content (AvgIpc) is 3.22. The van der Waals surface area contributed by atoms with Gasteiger partial charge in [-0.05, 0) is 18.4 Å². The van der Waals surface area contributed by atoms with Crippen LogP contribution in [0.2, 0.25) is 0 Å². The molecule has 0 spiro atoms. The van der Waals surface area contributed by atoms with E-state index < -0.39 is 0 Å². The van der Waals surface area contributed by atoms with Crippen molar-refractivity contribution in [3.05, 3.63) is 41.7 Å². The Morgan fingerprint density at radius 3 is 2.77 bits per heavy atom. The van der Waals surface area contributed by atoms with Gasteiger partial charge < -0.3 is 5.32 Å². The minimum Gasteiger partial charge on any atom is -0.354 e. The van der Waals surface area contributed by atoms with Gasteiger partial charge in [0, 0.05) is 18.4 Å². The molecule has 1 heterocycles. The quantitative estimate of drug-likeness (QED) is 0.769. The fraction of sp³-hybridized carbons (Fsp3) is 0.438. The van der Waals surface area contributed by atoms with Crippen LogP contribution in [0.25, 0.3) is 0 Å². The van der Waals surface area contributed by atoms with E-state index in [0.29, 0.717) is 17.5 Å². The molecule has 0 atom stereocenters. The van der Waals surface area contributed by atoms with Crippen molar-refractivity contribution in [2.24, 2.45) is 0 Å². The number of aryl methyl sites for hydroxylation is 1. The smallest absolute Gasteiger partial charge is 0.230 e. The number of nitrogens with zero attached hydrogens (tertiary/aromatic N) is 2. The van der Waals surface area contributed by atoms with Crippen LogP contribution >= 0.6 is 11.8 Å². The predicted octanol–water partition coefficient (Wildman–Crippen LogP) is 2.31. The van der Waals surface area contributed by atoms with Crippen LogP contribution < -0.4 is 5.32 Å². The topological polar surface area (TPSA) is 70.7 Å². The normalized spacial score (nSPS) is 15.5. The molecule has 3 rings (SSSR count). The number of amides is 1. The van der Waals surface area contributed by atoms with Gasteiger partial charge in [-0.3, -0.25) is 9.89 Å². The van der Waals surface area contributed by atoms with Crippen molar-refractivity contribution in [1.82, 2.24) is 20.5 Å². The molecule has 2 aromatic rings. The molecule has 1 aromatic heterocycles. The van der Waals surface area contributed by atoms with E-state index in [-0.39, 0.29) is 11.3 Å². The summed E-state index contributed by atoms with van der Waals surface area (Å²) < 4.78 is 0. The molecule has 0 radical (unpaired) electrons. The van der Waals surface area contributed by atoms with E-state index in [1.54, 1.807) is 0 Å². The standard InChI is InChI=1S/C16H20N4OS/c1-2-13-18-15(20-19-13)22-10-14(21)17-11-16(8-9-16)12-6-4-3-5-7-12/h3-7H,2,8-11H2,1H3,(H,17,21)(H,18,19,20). The first-order valence-electron chi connectivity index (χ1n) is 7.58. The first kappa shape index (κ1) is 15.1. The van der Waals surface area contributed by atoms with Crippen molar-refractivity contribution in [2.45, 2.75) is 36.8 Å². The first-order valence-corrected chi connectivity index (χ1v) is 8.57. The van der Waals surface area contributed by atoms with E-state index in [1.807, 2.05) is 13.0 Å². The number of hydrogen-bond acceptors (Lipinski definition) is 4. The number of H-pyrrole nitrogens is 1. The second kappa shape index (κ2) is 6.52. The molecule has 0 saturated heterocycles. The number of thioether (sulfide) groups is 1. The van der Waals surface area contributed by atoms with Crippen molar-refractivity contribution in [2.75, 3.05) is 12.3 Å². The van der Waals surface area contributed by atoms with Crippen molar-refractivity contribution in [3.8, 4) is 0 Å². The van der Waals surface area contributed by atoms with Gasteiger partial charge >= 0.3 is 0 Å². The molecule has 0 bridgehead atoms. The Hall–Kier alpha value is -1.82. The van der Waals surface area contributed by atoms with E-state index in [2.05, 4.69) is 44.8 Å². The van der Waals surface area contributed by atoms with Crippen LogP contribution in [0.15, 0.2) is 35.5 Å². The molecule has 6 heteroatoms. The van der Waals surface area contributed by atoms with Crippen LogP contribution in [0.3, 0.4) is 0 Å². The second-order valence-corrected chi connectivity index (χ2v) is 6.57. The highest BCUT2D eigenvalue weighted by Crippen LogP contribution is 2.47. The highest BCUT2D eigenvalue weighted by Gasteiger charge is 2.44. The van der Waals surface area contributed by atoms with E-state index >= 15 is 0 Å². The van der Waals surface area contributed by atoms with E-state index in [9.17, 15) is 4.79 Å². The van der Waals surface area contributed by atoms with Gasteiger partial charge in [0.15, 0.2) is 0 Å². The SMILES string of the molecule is CCc1nc(SCC(=O)NCC2(c3ccccc3)CC2)n[nH]1. The third kappa shape index (κ3) is 3.50. The van der Waals surface area contributed by atoms with Crippen LogP contribution in [0.5, 0.6) is 0 Å². The number of benzene rings is 1. The minimum absolute atomic E-state index is 0.0371. The average molecular weight is 316 g/mol. The number of hydrogen-bond donors (Lipinski definition) is 2. The number of aromatic nitrogens is 3. The Morgan fingerprint density at radius 2 is 2.14 bits per heavy atom. The molecule has 1 amide bonds. The molecule has 0 unspecified atom stereocenters. The van der Waals surface area contributed by atoms with Crippen molar-refractivity contribution in [3.63, 3.8) is 0 Å². The van der Waals surface area contributed by atoms with Crippen LogP contribution in [-0.2, 0) is 16.6 Å². The Bertz CT molecular complexity index is 637. The molecule has 0 aliphatic heterocycles. The molecular weight excluding hydrogens is 296 g/mol. The third-order valence-electron chi connectivity index (χ3n) is 4.04. The largest absolute Gasteiger partial charge is 0.354 e. The molecular formula is C16H20N4OS. The van der Waals surface area contributed by atoms with Crippen LogP contribution in [0.1, 0.15) is 31.2 Å². The Labute approximate surface area is 134 Å². The lowest BCUT2D eigenvalue weighted by Gasteiger charge is -2.16. The van der Waals surface area contributed by atoms with Gasteiger partial charge in [-0.2, -0.15) is 0 Å². The number of nitrogens with one attached hydrogen (secondary N) is 2. The van der Waals surface area contributed by atoms with Gasteiger partial charge in [0.2, 0.25) is 11.1 Å². The number of aromatic amines is 1. The van der Waals surface area contributed by atoms with Gasteiger partial charge in [0.05, 0.1) is 5.75 Å². The lowest BCUT2D eigenvalue weighted by atomic mass is 9.96. The lowest BCUT2D eigenvalue weighted by molar-refractivity contribution is -0.118. The van der Waals surface area contributed by atoms with Gasteiger partial charge in [0.1, 0.15) is 5.82 Å². The predicted molar refractivity (Wildman–Crippen MR) is 86.8 cm³/mol. The summed E-state index contributed by atoms with van der Waals surface area (Å²) in [5.74, 6) is 1.24. The molecule has 5 nitrogen and oxygen atoms in total. The molecule has 1 aromatic carbocycles. The maximum Gasteiger partial charge on any atom is 0.230 e. The molecule has 22 heavy (non-hydrogen) atoms. The molecule has 2 N–H and O–H groups in total. The molecule has 116 valence electrons. The summed E-state index contributed by atoms with van der Waals surface area (Å²) in [6.45, 7) is 2.73. The van der Waals surface area contributed by atoms with Gasteiger partial charge in [0.25, 0.3) is 0 Å². The first-order chi connectivity index (χ1) is 10.7. The van der Waals surface area contributed by atoms with Crippen LogP contribution in [0.4, 0.5) is 0 Å². The van der Waals surface area contributed by atoms with Crippen molar-refractivity contribution >= 4 is 17.7 Å². The summed E-state index contributed by atoms with van der Waals surface area (Å²) in [6, 6.07) is 10.4. The summed E-state index contributed by atoms with van der Waals surface area (Å²) in [5.41, 5.74) is 1.48. The Balaban J connectivity index is 1.46. The third-order valence-corrected chi connectivity index (χ3v) is 4.89. The number of carbonyl (C=O) groups excluding carboxylic acids is 1. The zero-order valence-electron chi connectivity index (χ0n) is 12.6.